The SMILES string of the molecule is Cc1cc(Br)c(F)cc1NC(=O)N1CCC(C(F)(F)F)CC1. The van der Waals surface area contributed by atoms with Gasteiger partial charge in [0.15, 0.2) is 0 Å². The summed E-state index contributed by atoms with van der Waals surface area (Å²) in [5, 5.41) is 2.55. The Bertz CT molecular complexity index is 569. The van der Waals surface area contributed by atoms with Crippen LogP contribution in [0, 0.1) is 18.7 Å². The first-order valence-electron chi connectivity index (χ1n) is 6.76. The molecule has 1 aromatic carbocycles. The molecule has 1 heterocycles. The molecule has 0 bridgehead atoms. The molecule has 0 aromatic heterocycles. The lowest BCUT2D eigenvalue weighted by Gasteiger charge is -2.33. The Morgan fingerprint density at radius 2 is 1.91 bits per heavy atom. The molecule has 0 unspecified atom stereocenters. The van der Waals surface area contributed by atoms with Crippen LogP contribution in [-0.2, 0) is 0 Å². The fraction of sp³-hybridized carbons (Fsp3) is 0.500. The molecular formula is C14H15BrF4N2O. The summed E-state index contributed by atoms with van der Waals surface area (Å²) < 4.78 is 51.5. The van der Waals surface area contributed by atoms with Crippen LogP contribution in [0.5, 0.6) is 0 Å². The minimum atomic E-state index is -4.21. The van der Waals surface area contributed by atoms with Crippen molar-refractivity contribution in [1.29, 1.82) is 0 Å². The summed E-state index contributed by atoms with van der Waals surface area (Å²) in [7, 11) is 0. The van der Waals surface area contributed by atoms with E-state index in [1.807, 2.05) is 0 Å². The second-order valence-corrected chi connectivity index (χ2v) is 6.17. The number of alkyl halides is 3. The van der Waals surface area contributed by atoms with Crippen LogP contribution in [0.1, 0.15) is 18.4 Å². The smallest absolute Gasteiger partial charge is 0.325 e. The van der Waals surface area contributed by atoms with Crippen LogP contribution < -0.4 is 5.32 Å². The Morgan fingerprint density at radius 3 is 2.45 bits per heavy atom. The first-order valence-corrected chi connectivity index (χ1v) is 7.56. The number of carbonyl (C=O) groups excluding carboxylic acids is 1. The predicted octanol–water partition coefficient (Wildman–Crippen LogP) is 4.70. The van der Waals surface area contributed by atoms with Crippen LogP contribution in [0.25, 0.3) is 0 Å². The molecule has 0 spiro atoms. The first-order chi connectivity index (χ1) is 10.2. The second-order valence-electron chi connectivity index (χ2n) is 5.31. The molecule has 1 N–H and O–H groups in total. The number of likely N-dealkylation sites (tertiary alicyclic amines) is 1. The quantitative estimate of drug-likeness (QED) is 0.701. The van der Waals surface area contributed by atoms with E-state index in [2.05, 4.69) is 21.2 Å². The highest BCUT2D eigenvalue weighted by Gasteiger charge is 2.41. The van der Waals surface area contributed by atoms with Crippen molar-refractivity contribution in [3.63, 3.8) is 0 Å². The molecule has 1 saturated heterocycles. The van der Waals surface area contributed by atoms with E-state index in [1.54, 1.807) is 6.92 Å². The average Bonchev–Trinajstić information content (AvgIpc) is 2.44. The summed E-state index contributed by atoms with van der Waals surface area (Å²) in [6.45, 7) is 1.78. The highest BCUT2D eigenvalue weighted by molar-refractivity contribution is 9.10. The molecule has 0 radical (unpaired) electrons. The molecule has 0 saturated carbocycles. The Balaban J connectivity index is 1.98. The Labute approximate surface area is 133 Å². The van der Waals surface area contributed by atoms with Gasteiger partial charge in [-0.05, 0) is 53.4 Å². The topological polar surface area (TPSA) is 32.3 Å². The van der Waals surface area contributed by atoms with E-state index < -0.39 is 23.9 Å². The van der Waals surface area contributed by atoms with Crippen molar-refractivity contribution in [3.05, 3.63) is 28.0 Å². The molecule has 22 heavy (non-hydrogen) atoms. The highest BCUT2D eigenvalue weighted by Crippen LogP contribution is 2.34. The van der Waals surface area contributed by atoms with Gasteiger partial charge in [-0.15, -0.1) is 0 Å². The van der Waals surface area contributed by atoms with Crippen LogP contribution in [-0.4, -0.2) is 30.2 Å². The van der Waals surface area contributed by atoms with E-state index in [4.69, 9.17) is 0 Å². The summed E-state index contributed by atoms with van der Waals surface area (Å²) in [6.07, 6.45) is -4.43. The maximum Gasteiger partial charge on any atom is 0.391 e. The predicted molar refractivity (Wildman–Crippen MR) is 78.2 cm³/mol. The lowest BCUT2D eigenvalue weighted by molar-refractivity contribution is -0.183. The molecule has 1 aliphatic rings. The normalized spacial score (nSPS) is 16.7. The summed E-state index contributed by atoms with van der Waals surface area (Å²) >= 11 is 3.04. The lowest BCUT2D eigenvalue weighted by Crippen LogP contribution is -2.44. The fourth-order valence-electron chi connectivity index (χ4n) is 2.39. The van der Waals surface area contributed by atoms with Gasteiger partial charge in [0.2, 0.25) is 0 Å². The van der Waals surface area contributed by atoms with E-state index in [-0.39, 0.29) is 30.4 Å². The van der Waals surface area contributed by atoms with Gasteiger partial charge < -0.3 is 10.2 Å². The molecule has 0 aliphatic carbocycles. The Kier molecular flexibility index (Phi) is 4.99. The summed E-state index contributed by atoms with van der Waals surface area (Å²) in [4.78, 5) is 13.4. The van der Waals surface area contributed by atoms with Gasteiger partial charge in [0.1, 0.15) is 5.82 Å². The van der Waals surface area contributed by atoms with Crippen molar-refractivity contribution in [1.82, 2.24) is 4.90 Å². The maximum absolute atomic E-state index is 13.5. The third kappa shape index (κ3) is 3.91. The number of piperidine rings is 1. The molecule has 3 nitrogen and oxygen atoms in total. The zero-order valence-corrected chi connectivity index (χ0v) is 13.4. The molecule has 1 aliphatic heterocycles. The molecule has 0 atom stereocenters. The van der Waals surface area contributed by atoms with Gasteiger partial charge in [0.05, 0.1) is 10.4 Å². The van der Waals surface area contributed by atoms with Crippen LogP contribution >= 0.6 is 15.9 Å². The van der Waals surface area contributed by atoms with E-state index in [9.17, 15) is 22.4 Å². The van der Waals surface area contributed by atoms with Crippen molar-refractivity contribution in [3.8, 4) is 0 Å². The number of hydrogen-bond acceptors (Lipinski definition) is 1. The second kappa shape index (κ2) is 6.44. The summed E-state index contributed by atoms with van der Waals surface area (Å²) in [5.74, 6) is -1.87. The average molecular weight is 383 g/mol. The zero-order valence-electron chi connectivity index (χ0n) is 11.8. The summed E-state index contributed by atoms with van der Waals surface area (Å²) in [5.41, 5.74) is 0.968. The van der Waals surface area contributed by atoms with Gasteiger partial charge >= 0.3 is 12.2 Å². The minimum Gasteiger partial charge on any atom is -0.325 e. The number of nitrogens with zero attached hydrogens (tertiary/aromatic N) is 1. The van der Waals surface area contributed by atoms with Crippen molar-refractivity contribution in [2.75, 3.05) is 18.4 Å². The molecule has 2 rings (SSSR count). The number of carbonyl (C=O) groups is 1. The number of urea groups is 1. The number of amides is 2. The molecule has 1 aromatic rings. The van der Waals surface area contributed by atoms with Crippen molar-refractivity contribution in [2.45, 2.75) is 25.9 Å². The van der Waals surface area contributed by atoms with Gasteiger partial charge in [-0.2, -0.15) is 13.2 Å². The van der Waals surface area contributed by atoms with Crippen molar-refractivity contribution in [2.24, 2.45) is 5.92 Å². The number of nitrogens with one attached hydrogen (secondary N) is 1. The van der Waals surface area contributed by atoms with E-state index in [1.165, 1.54) is 17.0 Å². The number of hydrogen-bond donors (Lipinski definition) is 1. The summed E-state index contributed by atoms with van der Waals surface area (Å²) in [6, 6.07) is 2.20. The Morgan fingerprint density at radius 1 is 1.32 bits per heavy atom. The van der Waals surface area contributed by atoms with Crippen LogP contribution in [0.2, 0.25) is 0 Å². The van der Waals surface area contributed by atoms with Crippen LogP contribution in [0.15, 0.2) is 16.6 Å². The van der Waals surface area contributed by atoms with Gasteiger partial charge in [0, 0.05) is 18.8 Å². The van der Waals surface area contributed by atoms with Crippen LogP contribution in [0.3, 0.4) is 0 Å². The van der Waals surface area contributed by atoms with Gasteiger partial charge in [-0.3, -0.25) is 0 Å². The number of halogens is 5. The molecule has 2 amide bonds. The molecule has 122 valence electrons. The van der Waals surface area contributed by atoms with E-state index in [0.717, 1.165) is 0 Å². The van der Waals surface area contributed by atoms with Gasteiger partial charge in [-0.25, -0.2) is 9.18 Å². The number of anilines is 1. The third-order valence-electron chi connectivity index (χ3n) is 3.75. The Hall–Kier alpha value is -1.31. The number of benzene rings is 1. The van der Waals surface area contributed by atoms with E-state index >= 15 is 0 Å². The number of rotatable bonds is 1. The molecule has 1 fully saturated rings. The van der Waals surface area contributed by atoms with Crippen molar-refractivity contribution >= 4 is 27.6 Å². The largest absolute Gasteiger partial charge is 0.391 e. The molecule has 8 heteroatoms. The van der Waals surface area contributed by atoms with Gasteiger partial charge in [-0.1, -0.05) is 0 Å². The minimum absolute atomic E-state index is 0.0358. The standard InChI is InChI=1S/C14H15BrF4N2O/c1-8-6-10(15)11(16)7-12(8)20-13(22)21-4-2-9(3-5-21)14(17,18)19/h6-7,9H,2-5H2,1H3,(H,20,22). The number of aryl methyl sites for hydroxylation is 1. The van der Waals surface area contributed by atoms with E-state index in [0.29, 0.717) is 11.3 Å². The van der Waals surface area contributed by atoms with Crippen molar-refractivity contribution < 1.29 is 22.4 Å². The zero-order chi connectivity index (χ0) is 16.5. The first kappa shape index (κ1) is 17.1. The fourth-order valence-corrected chi connectivity index (χ4v) is 2.84. The monoisotopic (exact) mass is 382 g/mol. The van der Waals surface area contributed by atoms with Gasteiger partial charge in [0.25, 0.3) is 0 Å². The molecular weight excluding hydrogens is 368 g/mol. The van der Waals surface area contributed by atoms with Crippen LogP contribution in [0.4, 0.5) is 28.0 Å². The maximum atomic E-state index is 13.5. The lowest BCUT2D eigenvalue weighted by atomic mass is 9.96. The highest BCUT2D eigenvalue weighted by atomic mass is 79.9. The third-order valence-corrected chi connectivity index (χ3v) is 4.36.